The summed E-state index contributed by atoms with van der Waals surface area (Å²) in [7, 11) is 1.64. The van der Waals surface area contributed by atoms with Crippen molar-refractivity contribution in [2.24, 2.45) is 12.8 Å². The first-order chi connectivity index (χ1) is 10.9. The number of nitrogens with one attached hydrogen (secondary N) is 1. The molecule has 0 fully saturated rings. The second kappa shape index (κ2) is 5.73. The van der Waals surface area contributed by atoms with Gasteiger partial charge in [0, 0.05) is 13.2 Å². The Labute approximate surface area is 135 Å². The van der Waals surface area contributed by atoms with E-state index in [0.29, 0.717) is 10.6 Å². The summed E-state index contributed by atoms with van der Waals surface area (Å²) in [5.41, 5.74) is 5.44. The second-order valence-electron chi connectivity index (χ2n) is 4.96. The summed E-state index contributed by atoms with van der Waals surface area (Å²) in [6.07, 6.45) is 1.46. The van der Waals surface area contributed by atoms with Crippen LogP contribution < -0.4 is 11.1 Å². The Hall–Kier alpha value is -2.87. The average Bonchev–Trinajstić information content (AvgIpc) is 3.18. The van der Waals surface area contributed by atoms with E-state index >= 15 is 0 Å². The molecular formula is C15H14N4O3S. The summed E-state index contributed by atoms with van der Waals surface area (Å²) in [5, 5.41) is 6.64. The van der Waals surface area contributed by atoms with Crippen LogP contribution in [0.4, 0.5) is 5.82 Å². The molecule has 3 N–H and O–H groups in total. The predicted molar refractivity (Wildman–Crippen MR) is 86.4 cm³/mol. The maximum absolute atomic E-state index is 12.3. The zero-order valence-corrected chi connectivity index (χ0v) is 13.3. The van der Waals surface area contributed by atoms with Crippen molar-refractivity contribution >= 4 is 29.0 Å². The van der Waals surface area contributed by atoms with Gasteiger partial charge in [-0.15, -0.1) is 11.3 Å². The van der Waals surface area contributed by atoms with E-state index in [9.17, 15) is 9.59 Å². The van der Waals surface area contributed by atoms with Crippen LogP contribution in [0.1, 0.15) is 25.8 Å². The Bertz CT molecular complexity index is 890. The number of nitrogens with zero attached hydrogens (tertiary/aromatic N) is 2. The zero-order chi connectivity index (χ0) is 16.6. The number of rotatable bonds is 4. The van der Waals surface area contributed by atoms with Gasteiger partial charge in [0.2, 0.25) is 0 Å². The lowest BCUT2D eigenvalue weighted by molar-refractivity contribution is 0.100. The van der Waals surface area contributed by atoms with Crippen molar-refractivity contribution in [1.29, 1.82) is 0 Å². The van der Waals surface area contributed by atoms with E-state index in [4.69, 9.17) is 10.2 Å². The number of primary amides is 1. The van der Waals surface area contributed by atoms with Crippen molar-refractivity contribution in [1.82, 2.24) is 9.78 Å². The number of furan rings is 1. The van der Waals surface area contributed by atoms with Crippen molar-refractivity contribution in [3.63, 3.8) is 0 Å². The van der Waals surface area contributed by atoms with Crippen LogP contribution in [0.3, 0.4) is 0 Å². The lowest BCUT2D eigenvalue weighted by atomic mass is 10.3. The molecule has 0 atom stereocenters. The summed E-state index contributed by atoms with van der Waals surface area (Å²) in [6, 6.07) is 7.22. The first-order valence-corrected chi connectivity index (χ1v) is 7.57. The lowest BCUT2D eigenvalue weighted by Crippen LogP contribution is -2.16. The first-order valence-electron chi connectivity index (χ1n) is 6.75. The Balaban J connectivity index is 1.82. The fourth-order valence-electron chi connectivity index (χ4n) is 2.09. The van der Waals surface area contributed by atoms with Gasteiger partial charge in [-0.05, 0) is 31.2 Å². The quantitative estimate of drug-likeness (QED) is 0.766. The highest BCUT2D eigenvalue weighted by molar-refractivity contribution is 7.17. The van der Waals surface area contributed by atoms with E-state index < -0.39 is 5.91 Å². The third-order valence-electron chi connectivity index (χ3n) is 3.14. The van der Waals surface area contributed by atoms with E-state index in [1.54, 1.807) is 13.1 Å². The summed E-state index contributed by atoms with van der Waals surface area (Å²) in [4.78, 5) is 25.0. The monoisotopic (exact) mass is 330 g/mol. The molecule has 118 valence electrons. The molecule has 7 nitrogen and oxygen atoms in total. The molecule has 3 rings (SSSR count). The standard InChI is InChI=1S/C15H14N4O3S/c1-8-3-4-10(22-8)11-5-6-12(23-11)15(21)17-14-9(13(16)20)7-19(2)18-14/h3-7H,1-2H3,(H2,16,20)(H,17,18,21). The number of anilines is 1. The Kier molecular flexibility index (Phi) is 3.75. The van der Waals surface area contributed by atoms with E-state index in [-0.39, 0.29) is 17.3 Å². The number of amides is 2. The molecular weight excluding hydrogens is 316 g/mol. The Morgan fingerprint density at radius 3 is 2.74 bits per heavy atom. The Morgan fingerprint density at radius 1 is 1.30 bits per heavy atom. The average molecular weight is 330 g/mol. The van der Waals surface area contributed by atoms with Gasteiger partial charge < -0.3 is 15.5 Å². The third kappa shape index (κ3) is 3.02. The number of carbonyl (C=O) groups excluding carboxylic acids is 2. The third-order valence-corrected chi connectivity index (χ3v) is 4.24. The molecule has 0 saturated carbocycles. The molecule has 2 amide bonds. The molecule has 3 aromatic heterocycles. The van der Waals surface area contributed by atoms with Crippen LogP contribution in [-0.4, -0.2) is 21.6 Å². The Morgan fingerprint density at radius 2 is 2.09 bits per heavy atom. The van der Waals surface area contributed by atoms with Crippen molar-refractivity contribution < 1.29 is 14.0 Å². The second-order valence-corrected chi connectivity index (χ2v) is 6.04. The predicted octanol–water partition coefficient (Wildman–Crippen LogP) is 2.40. The first kappa shape index (κ1) is 15.0. The van der Waals surface area contributed by atoms with Gasteiger partial charge in [0.25, 0.3) is 11.8 Å². The molecule has 0 aliphatic rings. The van der Waals surface area contributed by atoms with Crippen LogP contribution in [0.2, 0.25) is 0 Å². The maximum atomic E-state index is 12.3. The number of nitrogens with two attached hydrogens (primary N) is 1. The molecule has 0 spiro atoms. The van der Waals surface area contributed by atoms with Crippen LogP contribution in [0.25, 0.3) is 10.6 Å². The number of hydrogen-bond donors (Lipinski definition) is 2. The fraction of sp³-hybridized carbons (Fsp3) is 0.133. The van der Waals surface area contributed by atoms with Gasteiger partial charge in [-0.2, -0.15) is 5.10 Å². The SMILES string of the molecule is Cc1ccc(-c2ccc(C(=O)Nc3nn(C)cc3C(N)=O)s2)o1. The highest BCUT2D eigenvalue weighted by Crippen LogP contribution is 2.30. The molecule has 3 heterocycles. The van der Waals surface area contributed by atoms with Gasteiger partial charge in [-0.1, -0.05) is 0 Å². The molecule has 0 bridgehead atoms. The topological polar surface area (TPSA) is 103 Å². The molecule has 0 aliphatic carbocycles. The van der Waals surface area contributed by atoms with Crippen molar-refractivity contribution in [2.45, 2.75) is 6.92 Å². The van der Waals surface area contributed by atoms with Gasteiger partial charge in [0.1, 0.15) is 17.1 Å². The van der Waals surface area contributed by atoms with Crippen molar-refractivity contribution in [3.8, 4) is 10.6 Å². The van der Waals surface area contributed by atoms with Crippen LogP contribution >= 0.6 is 11.3 Å². The summed E-state index contributed by atoms with van der Waals surface area (Å²) in [6.45, 7) is 1.86. The van der Waals surface area contributed by atoms with Crippen LogP contribution in [0.5, 0.6) is 0 Å². The molecule has 8 heteroatoms. The fourth-order valence-corrected chi connectivity index (χ4v) is 2.95. The highest BCUT2D eigenvalue weighted by atomic mass is 32.1. The molecule has 0 unspecified atom stereocenters. The minimum atomic E-state index is -0.647. The zero-order valence-electron chi connectivity index (χ0n) is 12.5. The minimum absolute atomic E-state index is 0.147. The molecule has 3 aromatic rings. The molecule has 0 aliphatic heterocycles. The van der Waals surface area contributed by atoms with Crippen molar-refractivity contribution in [2.75, 3.05) is 5.32 Å². The minimum Gasteiger partial charge on any atom is -0.461 e. The van der Waals surface area contributed by atoms with Crippen LogP contribution in [0.15, 0.2) is 34.9 Å². The summed E-state index contributed by atoms with van der Waals surface area (Å²) in [5.74, 6) is 0.659. The smallest absolute Gasteiger partial charge is 0.266 e. The van der Waals surface area contributed by atoms with Crippen LogP contribution in [0, 0.1) is 6.92 Å². The maximum Gasteiger partial charge on any atom is 0.266 e. The van der Waals surface area contributed by atoms with Gasteiger partial charge in [0.05, 0.1) is 9.75 Å². The molecule has 23 heavy (non-hydrogen) atoms. The van der Waals surface area contributed by atoms with E-state index in [0.717, 1.165) is 10.6 Å². The van der Waals surface area contributed by atoms with E-state index in [1.807, 2.05) is 25.1 Å². The summed E-state index contributed by atoms with van der Waals surface area (Å²) >= 11 is 1.29. The molecule has 0 radical (unpaired) electrons. The number of carbonyl (C=O) groups is 2. The lowest BCUT2D eigenvalue weighted by Gasteiger charge is -2.01. The summed E-state index contributed by atoms with van der Waals surface area (Å²) < 4.78 is 6.95. The molecule has 0 saturated heterocycles. The van der Waals surface area contributed by atoms with Gasteiger partial charge in [0.15, 0.2) is 5.82 Å². The van der Waals surface area contributed by atoms with Crippen LogP contribution in [-0.2, 0) is 7.05 Å². The highest BCUT2D eigenvalue weighted by Gasteiger charge is 2.18. The van der Waals surface area contributed by atoms with E-state index in [1.165, 1.54) is 22.2 Å². The van der Waals surface area contributed by atoms with E-state index in [2.05, 4.69) is 10.4 Å². The normalized spacial score (nSPS) is 10.7. The van der Waals surface area contributed by atoms with Gasteiger partial charge in [-0.25, -0.2) is 0 Å². The number of hydrogen-bond acceptors (Lipinski definition) is 5. The largest absolute Gasteiger partial charge is 0.461 e. The molecule has 0 aromatic carbocycles. The van der Waals surface area contributed by atoms with Gasteiger partial charge >= 0.3 is 0 Å². The van der Waals surface area contributed by atoms with Crippen molar-refractivity contribution in [3.05, 3.63) is 46.7 Å². The number of aromatic nitrogens is 2. The number of thiophene rings is 1. The van der Waals surface area contributed by atoms with Gasteiger partial charge in [-0.3, -0.25) is 14.3 Å². The number of aryl methyl sites for hydroxylation is 2.